The van der Waals surface area contributed by atoms with Gasteiger partial charge in [0, 0.05) is 112 Å². The summed E-state index contributed by atoms with van der Waals surface area (Å²) in [6.45, 7) is 10.6. The number of anilines is 2. The molecule has 19 heteroatoms. The number of nitrogens with one attached hydrogen (secondary N) is 2. The molecule has 5 aromatic rings. The molecule has 4 aliphatic heterocycles. The van der Waals surface area contributed by atoms with Gasteiger partial charge in [-0.2, -0.15) is 9.97 Å². The number of hydrogen-bond acceptors (Lipinski definition) is 15. The highest BCUT2D eigenvalue weighted by Gasteiger charge is 2.46. The van der Waals surface area contributed by atoms with Crippen molar-refractivity contribution in [2.45, 2.75) is 82.8 Å². The van der Waals surface area contributed by atoms with Gasteiger partial charge in [-0.3, -0.25) is 29.4 Å². The predicted molar refractivity (Wildman–Crippen MR) is 280 cm³/mol. The van der Waals surface area contributed by atoms with Gasteiger partial charge in [-0.25, -0.2) is 13.8 Å². The number of likely N-dealkylation sites (N-methyl/N-ethyl adjacent to an activating group) is 1. The van der Waals surface area contributed by atoms with Crippen LogP contribution in [-0.2, 0) is 9.59 Å². The number of methoxy groups -OCH3 is 1. The third kappa shape index (κ3) is 10.5. The summed E-state index contributed by atoms with van der Waals surface area (Å²) in [4.78, 5) is 75.2. The molecule has 3 aromatic carbocycles. The number of benzene rings is 3. The summed E-state index contributed by atoms with van der Waals surface area (Å²) in [5, 5.41) is 17.7. The molecule has 2 unspecified atom stereocenters. The maximum Gasteiger partial charge on any atom is 0.319 e. The molecule has 3 N–H and O–H groups in total. The molecule has 5 aliphatic rings. The van der Waals surface area contributed by atoms with E-state index in [4.69, 9.17) is 25.9 Å². The molecule has 1 saturated carbocycles. The van der Waals surface area contributed by atoms with E-state index in [1.165, 1.54) is 43.3 Å². The Morgan fingerprint density at radius 3 is 2.47 bits per heavy atom. The Morgan fingerprint density at radius 2 is 1.76 bits per heavy atom. The van der Waals surface area contributed by atoms with Crippen LogP contribution in [0, 0.1) is 29.4 Å². The van der Waals surface area contributed by atoms with Crippen LogP contribution in [-0.4, -0.2) is 163 Å². The molecular weight excluding hydrogens is 963 g/mol. The Kier molecular flexibility index (Phi) is 14.9. The van der Waals surface area contributed by atoms with Crippen molar-refractivity contribution in [3.05, 3.63) is 70.8 Å². The van der Waals surface area contributed by atoms with Crippen molar-refractivity contribution in [2.75, 3.05) is 96.0 Å². The van der Waals surface area contributed by atoms with Gasteiger partial charge in [0.2, 0.25) is 17.7 Å². The van der Waals surface area contributed by atoms with Gasteiger partial charge in [-0.15, -0.1) is 6.42 Å². The number of piperidine rings is 2. The number of rotatable bonds is 14. The van der Waals surface area contributed by atoms with Gasteiger partial charge in [-0.1, -0.05) is 18.9 Å². The van der Waals surface area contributed by atoms with Crippen LogP contribution in [0.4, 0.5) is 20.3 Å². The average Bonchev–Trinajstić information content (AvgIpc) is 4.19. The summed E-state index contributed by atoms with van der Waals surface area (Å²) in [5.74, 6) is -0.0587. The lowest BCUT2D eigenvalue weighted by molar-refractivity contribution is -0.136. The Labute approximate surface area is 434 Å². The Balaban J connectivity index is 0.827. The molecule has 2 atom stereocenters. The third-order valence-corrected chi connectivity index (χ3v) is 16.0. The molecule has 6 heterocycles. The predicted octanol–water partition coefficient (Wildman–Crippen LogP) is 5.92. The molecule has 3 amide bonds. The number of hydrogen-bond donors (Lipinski definition) is 3. The van der Waals surface area contributed by atoms with E-state index in [-0.39, 0.29) is 92.1 Å². The van der Waals surface area contributed by atoms with Crippen LogP contribution in [0.1, 0.15) is 91.0 Å². The first kappa shape index (κ1) is 51.5. The molecule has 5 fully saturated rings. The molecule has 0 bridgehead atoms. The highest BCUT2D eigenvalue weighted by atomic mass is 19.1. The van der Waals surface area contributed by atoms with E-state index in [1.54, 1.807) is 12.1 Å². The Hall–Kier alpha value is -7.01. The van der Waals surface area contributed by atoms with E-state index < -0.39 is 29.5 Å². The van der Waals surface area contributed by atoms with Gasteiger partial charge in [0.25, 0.3) is 5.91 Å². The summed E-state index contributed by atoms with van der Waals surface area (Å²) >= 11 is 0. The number of terminal acetylenes is 1. The minimum absolute atomic E-state index is 0.0271. The quantitative estimate of drug-likeness (QED) is 0.0676. The van der Waals surface area contributed by atoms with Crippen LogP contribution in [0.15, 0.2) is 42.5 Å². The fraction of sp³-hybridized carbons (Fsp3) is 0.482. The van der Waals surface area contributed by atoms with Crippen LogP contribution in [0.2, 0.25) is 0 Å². The number of amides is 3. The van der Waals surface area contributed by atoms with Crippen LogP contribution >= 0.6 is 0 Å². The van der Waals surface area contributed by atoms with Crippen molar-refractivity contribution in [3.8, 4) is 41.2 Å². The number of ether oxygens (including phenoxy) is 2. The molecule has 4 saturated heterocycles. The number of aromatic nitrogens is 3. The monoisotopic (exact) mass is 1030 g/mol. The van der Waals surface area contributed by atoms with Crippen LogP contribution in [0.5, 0.6) is 17.6 Å². The van der Waals surface area contributed by atoms with Gasteiger partial charge in [0.05, 0.1) is 24.8 Å². The first-order chi connectivity index (χ1) is 36.3. The molecule has 0 radical (unpaired) electrons. The van der Waals surface area contributed by atoms with Crippen LogP contribution in [0.3, 0.4) is 0 Å². The highest BCUT2D eigenvalue weighted by Crippen LogP contribution is 2.47. The van der Waals surface area contributed by atoms with Crippen molar-refractivity contribution in [2.24, 2.45) is 5.41 Å². The smallest absolute Gasteiger partial charge is 0.319 e. The van der Waals surface area contributed by atoms with Gasteiger partial charge in [0.15, 0.2) is 12.1 Å². The third-order valence-electron chi connectivity index (χ3n) is 16.0. The van der Waals surface area contributed by atoms with Crippen molar-refractivity contribution in [1.29, 1.82) is 0 Å². The lowest BCUT2D eigenvalue weighted by Crippen LogP contribution is -2.54. The number of phenols is 1. The van der Waals surface area contributed by atoms with Gasteiger partial charge in [0.1, 0.15) is 40.0 Å². The second kappa shape index (κ2) is 21.7. The average molecular weight is 1030 g/mol. The van der Waals surface area contributed by atoms with E-state index in [9.17, 15) is 24.3 Å². The largest absolute Gasteiger partial charge is 0.508 e. The number of nitrogens with zero attached hydrogens (tertiary/aromatic N) is 8. The van der Waals surface area contributed by atoms with E-state index >= 15 is 8.78 Å². The van der Waals surface area contributed by atoms with E-state index in [1.807, 2.05) is 6.07 Å². The Bertz CT molecular complexity index is 3080. The van der Waals surface area contributed by atoms with Crippen molar-refractivity contribution >= 4 is 57.2 Å². The van der Waals surface area contributed by atoms with Crippen molar-refractivity contribution < 1.29 is 42.5 Å². The van der Waals surface area contributed by atoms with Crippen molar-refractivity contribution in [3.63, 3.8) is 0 Å². The Morgan fingerprint density at radius 1 is 0.973 bits per heavy atom. The standard InChI is InChI=1S/C56H64F2N10O7/c1-5-36-30-68(20-8-7-19-59-36)51-47-50(48(58)49(61-53(47)74-4)42-29-39(70)27-34-10-12-43(57)40(6-2)46(34)42)62-55(63-51)75-33-56(17-18-56)32-65-23-25-67(26-24-65)37-15-21-66(22-16-37)38-11-9-35(31-69)41(28-38)54(73)64(3)44-13-14-45(71)60-52(44)72/h2,9-12,27-29,31,36-37,44,59,70H,5,7-8,13-26,30,32-33H2,1,3-4H3,(H,60,71,72). The number of fused-ring (bicyclic) bond motifs is 2. The number of aldehydes is 1. The minimum Gasteiger partial charge on any atom is -0.508 e. The highest BCUT2D eigenvalue weighted by molar-refractivity contribution is 6.07. The zero-order chi connectivity index (χ0) is 52.5. The lowest BCUT2D eigenvalue weighted by atomic mass is 9.95. The fourth-order valence-corrected chi connectivity index (χ4v) is 11.5. The SMILES string of the molecule is C#Cc1c(F)ccc2cc(O)cc(-c3nc(OC)c4c(N5CCCCNC(CC)C5)nc(OCC5(CN6CCN(C7CCN(c8ccc(C=O)c(C(=O)N(C)C9CCC(=O)NC9=O)c8)CC7)CC6)CC5)nc4c3F)c12. The molecule has 1 aliphatic carbocycles. The zero-order valence-electron chi connectivity index (χ0n) is 42.8. The fourth-order valence-electron chi connectivity index (χ4n) is 11.5. The first-order valence-electron chi connectivity index (χ1n) is 26.2. The maximum atomic E-state index is 17.5. The second-order valence-electron chi connectivity index (χ2n) is 20.8. The first-order valence-corrected chi connectivity index (χ1v) is 26.2. The molecule has 0 spiro atoms. The van der Waals surface area contributed by atoms with Crippen LogP contribution in [0.25, 0.3) is 32.9 Å². The number of carbonyl (C=O) groups is 4. The number of pyridine rings is 1. The molecule has 394 valence electrons. The molecule has 17 nitrogen and oxygen atoms in total. The molecule has 2 aromatic heterocycles. The maximum absolute atomic E-state index is 17.5. The number of phenolic OH excluding ortho intramolecular Hbond substituents is 1. The summed E-state index contributed by atoms with van der Waals surface area (Å²) in [6.07, 6.45) is 13.3. The summed E-state index contributed by atoms with van der Waals surface area (Å²) < 4.78 is 45.2. The minimum atomic E-state index is -0.814. The summed E-state index contributed by atoms with van der Waals surface area (Å²) in [7, 11) is 2.98. The van der Waals surface area contributed by atoms with Crippen molar-refractivity contribution in [1.82, 2.24) is 40.3 Å². The topological polar surface area (TPSA) is 186 Å². The van der Waals surface area contributed by atoms with E-state index in [0.717, 1.165) is 103 Å². The number of aromatic hydroxyl groups is 1. The molecular formula is C56H64F2N10O7. The summed E-state index contributed by atoms with van der Waals surface area (Å²) in [6, 6.07) is 10.5. The molecule has 75 heavy (non-hydrogen) atoms. The van der Waals surface area contributed by atoms with Gasteiger partial charge >= 0.3 is 6.01 Å². The zero-order valence-corrected chi connectivity index (χ0v) is 42.8. The van der Waals surface area contributed by atoms with E-state index in [2.05, 4.69) is 48.1 Å². The molecule has 10 rings (SSSR count). The summed E-state index contributed by atoms with van der Waals surface area (Å²) in [5.41, 5.74) is 0.905. The van der Waals surface area contributed by atoms with E-state index in [0.29, 0.717) is 43.2 Å². The number of halogens is 2. The van der Waals surface area contributed by atoms with Gasteiger partial charge < -0.3 is 39.5 Å². The number of piperazine rings is 1. The number of imide groups is 1. The number of carbonyl (C=O) groups excluding carboxylic acids is 4. The second-order valence-corrected chi connectivity index (χ2v) is 20.8. The van der Waals surface area contributed by atoms with Gasteiger partial charge in [-0.05, 0) is 99.7 Å². The lowest BCUT2D eigenvalue weighted by Gasteiger charge is -2.44. The normalized spacial score (nSPS) is 20.8. The van der Waals surface area contributed by atoms with Crippen LogP contribution < -0.4 is 29.9 Å².